The molecule has 0 unspecified atom stereocenters. The van der Waals surface area contributed by atoms with E-state index in [0.29, 0.717) is 31.7 Å². The van der Waals surface area contributed by atoms with E-state index in [2.05, 4.69) is 9.88 Å². The lowest BCUT2D eigenvalue weighted by Gasteiger charge is -2.36. The van der Waals surface area contributed by atoms with Crippen LogP contribution in [0, 0.1) is 0 Å². The summed E-state index contributed by atoms with van der Waals surface area (Å²) >= 11 is 0. The van der Waals surface area contributed by atoms with Crippen LogP contribution in [0.3, 0.4) is 0 Å². The molecule has 0 saturated carbocycles. The van der Waals surface area contributed by atoms with Crippen LogP contribution < -0.4 is 4.90 Å². The first-order chi connectivity index (χ1) is 13.6. The highest BCUT2D eigenvalue weighted by Gasteiger charge is 2.28. The third kappa shape index (κ3) is 3.74. The Kier molecular flexibility index (Phi) is 5.32. The number of carbonyl (C=O) groups excluding carboxylic acids is 1. The Balaban J connectivity index is 1.46. The smallest absolute Gasteiger partial charge is 0.254 e. The van der Waals surface area contributed by atoms with Gasteiger partial charge in [0.2, 0.25) is 10.0 Å². The molecule has 3 heterocycles. The number of sulfonamides is 1. The van der Waals surface area contributed by atoms with Gasteiger partial charge in [0.05, 0.1) is 4.90 Å². The number of anilines is 1. The van der Waals surface area contributed by atoms with Crippen LogP contribution in [0.4, 0.5) is 5.69 Å². The van der Waals surface area contributed by atoms with Crippen molar-refractivity contribution in [3.63, 3.8) is 0 Å². The van der Waals surface area contributed by atoms with Gasteiger partial charge in [-0.05, 0) is 43.2 Å². The average molecular weight is 401 g/mol. The summed E-state index contributed by atoms with van der Waals surface area (Å²) in [5.74, 6) is -0.118. The molecule has 0 spiro atoms. The van der Waals surface area contributed by atoms with E-state index in [-0.39, 0.29) is 10.8 Å². The number of amides is 1. The molecule has 2 aromatic rings. The summed E-state index contributed by atoms with van der Waals surface area (Å²) < 4.78 is 27.1. The number of nitrogens with zero attached hydrogens (tertiary/aromatic N) is 4. The summed E-state index contributed by atoms with van der Waals surface area (Å²) in [6.07, 6.45) is 5.30. The summed E-state index contributed by atoms with van der Waals surface area (Å²) in [6.45, 7) is 3.78. The van der Waals surface area contributed by atoms with Crippen LogP contribution in [0.1, 0.15) is 23.2 Å². The lowest BCUT2D eigenvalue weighted by molar-refractivity contribution is 0.0746. The number of aromatic nitrogens is 1. The summed E-state index contributed by atoms with van der Waals surface area (Å²) in [6, 6.07) is 10.4. The summed E-state index contributed by atoms with van der Waals surface area (Å²) in [5.41, 5.74) is 1.53. The fourth-order valence-electron chi connectivity index (χ4n) is 3.77. The second-order valence-corrected chi connectivity index (χ2v) is 9.06. The lowest BCUT2D eigenvalue weighted by atomic mass is 10.1. The molecular weight excluding hydrogens is 376 g/mol. The van der Waals surface area contributed by atoms with E-state index in [1.54, 1.807) is 35.5 Å². The predicted molar refractivity (Wildman–Crippen MR) is 107 cm³/mol. The van der Waals surface area contributed by atoms with Crippen molar-refractivity contribution in [3.8, 4) is 0 Å². The quantitative estimate of drug-likeness (QED) is 0.783. The molecular formula is C20H24N4O3S. The minimum absolute atomic E-state index is 0.118. The zero-order valence-electron chi connectivity index (χ0n) is 15.7. The van der Waals surface area contributed by atoms with E-state index in [9.17, 15) is 13.2 Å². The van der Waals surface area contributed by atoms with Crippen molar-refractivity contribution in [3.05, 3.63) is 54.4 Å². The van der Waals surface area contributed by atoms with Gasteiger partial charge in [-0.2, -0.15) is 4.31 Å². The van der Waals surface area contributed by atoms with Crippen LogP contribution in [-0.4, -0.2) is 67.8 Å². The van der Waals surface area contributed by atoms with Gasteiger partial charge in [-0.25, -0.2) is 8.42 Å². The largest absolute Gasteiger partial charge is 0.368 e. The lowest BCUT2D eigenvalue weighted by Crippen LogP contribution is -2.48. The Labute approximate surface area is 165 Å². The molecule has 2 fully saturated rings. The van der Waals surface area contributed by atoms with E-state index in [4.69, 9.17) is 0 Å². The van der Waals surface area contributed by atoms with E-state index in [1.165, 1.54) is 10.4 Å². The number of hydrogen-bond acceptors (Lipinski definition) is 5. The Morgan fingerprint density at radius 2 is 1.57 bits per heavy atom. The Morgan fingerprint density at radius 3 is 2.25 bits per heavy atom. The predicted octanol–water partition coefficient (Wildman–Crippen LogP) is 1.83. The average Bonchev–Trinajstić information content (AvgIpc) is 3.30. The standard InChI is InChI=1S/C20H24N4O3S/c25-20(23-14-12-22(13-15-23)18-6-8-21-9-7-18)17-4-3-5-19(16-17)28(26,27)24-10-1-2-11-24/h3-9,16H,1-2,10-15H2. The molecule has 2 saturated heterocycles. The van der Waals surface area contributed by atoms with Crippen LogP contribution in [0.25, 0.3) is 0 Å². The summed E-state index contributed by atoms with van der Waals surface area (Å²) in [4.78, 5) is 21.2. The molecule has 28 heavy (non-hydrogen) atoms. The molecule has 0 bridgehead atoms. The number of carbonyl (C=O) groups is 1. The minimum Gasteiger partial charge on any atom is -0.368 e. The first kappa shape index (κ1) is 18.9. The van der Waals surface area contributed by atoms with Crippen molar-refractivity contribution < 1.29 is 13.2 Å². The van der Waals surface area contributed by atoms with Gasteiger partial charge in [-0.3, -0.25) is 9.78 Å². The topological polar surface area (TPSA) is 73.8 Å². The first-order valence-corrected chi connectivity index (χ1v) is 11.0. The maximum atomic E-state index is 12.9. The van der Waals surface area contributed by atoms with Gasteiger partial charge in [-0.1, -0.05) is 6.07 Å². The molecule has 1 aromatic carbocycles. The van der Waals surface area contributed by atoms with Gasteiger partial charge < -0.3 is 9.80 Å². The van der Waals surface area contributed by atoms with Crippen molar-refractivity contribution in [2.24, 2.45) is 0 Å². The first-order valence-electron chi connectivity index (χ1n) is 9.60. The monoisotopic (exact) mass is 400 g/mol. The molecule has 8 heteroatoms. The van der Waals surface area contributed by atoms with E-state index >= 15 is 0 Å². The molecule has 2 aliphatic rings. The van der Waals surface area contributed by atoms with Gasteiger partial charge in [0, 0.05) is 62.9 Å². The van der Waals surface area contributed by atoms with Gasteiger partial charge in [0.1, 0.15) is 0 Å². The Bertz CT molecular complexity index is 935. The van der Waals surface area contributed by atoms with Crippen molar-refractivity contribution in [1.29, 1.82) is 0 Å². The molecule has 148 valence electrons. The molecule has 1 aromatic heterocycles. The molecule has 0 N–H and O–H groups in total. The number of hydrogen-bond donors (Lipinski definition) is 0. The number of pyridine rings is 1. The molecule has 0 atom stereocenters. The fourth-order valence-corrected chi connectivity index (χ4v) is 5.34. The molecule has 1 amide bonds. The van der Waals surface area contributed by atoms with Gasteiger partial charge in [0.15, 0.2) is 0 Å². The van der Waals surface area contributed by atoms with Gasteiger partial charge in [0.25, 0.3) is 5.91 Å². The summed E-state index contributed by atoms with van der Waals surface area (Å²) in [7, 11) is -3.52. The highest BCUT2D eigenvalue weighted by molar-refractivity contribution is 7.89. The molecule has 2 aliphatic heterocycles. The van der Waals surface area contributed by atoms with E-state index in [1.807, 2.05) is 12.1 Å². The number of piperazine rings is 1. The minimum atomic E-state index is -3.52. The second kappa shape index (κ2) is 7.89. The third-order valence-electron chi connectivity index (χ3n) is 5.38. The van der Waals surface area contributed by atoms with Crippen molar-refractivity contribution in [2.75, 3.05) is 44.2 Å². The second-order valence-electron chi connectivity index (χ2n) is 7.12. The van der Waals surface area contributed by atoms with Crippen LogP contribution in [0.5, 0.6) is 0 Å². The molecule has 0 radical (unpaired) electrons. The van der Waals surface area contributed by atoms with Gasteiger partial charge >= 0.3 is 0 Å². The molecule has 0 aliphatic carbocycles. The van der Waals surface area contributed by atoms with E-state index in [0.717, 1.165) is 31.6 Å². The third-order valence-corrected chi connectivity index (χ3v) is 7.27. The molecule has 4 rings (SSSR count). The van der Waals surface area contributed by atoms with Crippen molar-refractivity contribution in [2.45, 2.75) is 17.7 Å². The zero-order chi connectivity index (χ0) is 19.6. The van der Waals surface area contributed by atoms with Crippen LogP contribution in [-0.2, 0) is 10.0 Å². The molecule has 7 nitrogen and oxygen atoms in total. The highest BCUT2D eigenvalue weighted by Crippen LogP contribution is 2.22. The van der Waals surface area contributed by atoms with Crippen LogP contribution in [0.2, 0.25) is 0 Å². The number of rotatable bonds is 4. The Hall–Kier alpha value is -2.45. The maximum absolute atomic E-state index is 12.9. The maximum Gasteiger partial charge on any atom is 0.254 e. The van der Waals surface area contributed by atoms with Crippen molar-refractivity contribution in [1.82, 2.24) is 14.2 Å². The SMILES string of the molecule is O=C(c1cccc(S(=O)(=O)N2CCCC2)c1)N1CCN(c2ccncc2)CC1. The van der Waals surface area contributed by atoms with Crippen LogP contribution in [0.15, 0.2) is 53.7 Å². The van der Waals surface area contributed by atoms with Crippen LogP contribution >= 0.6 is 0 Å². The van der Waals surface area contributed by atoms with Crippen molar-refractivity contribution >= 4 is 21.6 Å². The summed E-state index contributed by atoms with van der Waals surface area (Å²) in [5, 5.41) is 0. The van der Waals surface area contributed by atoms with E-state index < -0.39 is 10.0 Å². The fraction of sp³-hybridized carbons (Fsp3) is 0.400. The van der Waals surface area contributed by atoms with Gasteiger partial charge in [-0.15, -0.1) is 0 Å². The normalized spacial score (nSPS) is 18.4. The number of benzene rings is 1. The highest BCUT2D eigenvalue weighted by atomic mass is 32.2. The Morgan fingerprint density at radius 1 is 0.893 bits per heavy atom. The zero-order valence-corrected chi connectivity index (χ0v) is 16.5.